The van der Waals surface area contributed by atoms with Crippen molar-refractivity contribution in [2.75, 3.05) is 18.4 Å². The first kappa shape index (κ1) is 15.4. The van der Waals surface area contributed by atoms with Crippen molar-refractivity contribution < 1.29 is 4.39 Å². The summed E-state index contributed by atoms with van der Waals surface area (Å²) in [5.74, 6) is 0.353. The van der Waals surface area contributed by atoms with Crippen molar-refractivity contribution in [3.8, 4) is 6.07 Å². The zero-order valence-electron chi connectivity index (χ0n) is 12.7. The van der Waals surface area contributed by atoms with Gasteiger partial charge >= 0.3 is 0 Å². The fourth-order valence-electron chi connectivity index (χ4n) is 2.84. The van der Waals surface area contributed by atoms with Gasteiger partial charge in [0.1, 0.15) is 17.7 Å². The molecular formula is C17H18FN5. The molecule has 1 saturated heterocycles. The van der Waals surface area contributed by atoms with Gasteiger partial charge in [0, 0.05) is 31.9 Å². The molecule has 1 fully saturated rings. The van der Waals surface area contributed by atoms with E-state index in [0.717, 1.165) is 43.9 Å². The number of nitrogens with one attached hydrogen (secondary N) is 1. The van der Waals surface area contributed by atoms with E-state index in [1.165, 1.54) is 6.07 Å². The number of anilines is 1. The highest BCUT2D eigenvalue weighted by Gasteiger charge is 2.19. The fraction of sp³-hybridized carbons (Fsp3) is 0.353. The number of hydrogen-bond donors (Lipinski definition) is 1. The van der Waals surface area contributed by atoms with Gasteiger partial charge in [0.25, 0.3) is 0 Å². The molecule has 118 valence electrons. The van der Waals surface area contributed by atoms with E-state index in [-0.39, 0.29) is 5.56 Å². The molecule has 0 spiro atoms. The van der Waals surface area contributed by atoms with Crippen molar-refractivity contribution in [1.82, 2.24) is 15.1 Å². The minimum absolute atomic E-state index is 0.113. The molecule has 1 N–H and O–H groups in total. The predicted molar refractivity (Wildman–Crippen MR) is 85.1 cm³/mol. The summed E-state index contributed by atoms with van der Waals surface area (Å²) in [6.07, 6.45) is 3.69. The van der Waals surface area contributed by atoms with E-state index >= 15 is 0 Å². The second kappa shape index (κ2) is 7.16. The number of benzene rings is 1. The summed E-state index contributed by atoms with van der Waals surface area (Å²) in [6.45, 7) is 2.65. The maximum Gasteiger partial charge on any atom is 0.148 e. The van der Waals surface area contributed by atoms with Crippen LogP contribution < -0.4 is 5.32 Å². The maximum atomic E-state index is 13.4. The van der Waals surface area contributed by atoms with E-state index in [0.29, 0.717) is 6.04 Å². The molecule has 0 atom stereocenters. The van der Waals surface area contributed by atoms with Gasteiger partial charge in [-0.2, -0.15) is 10.4 Å². The van der Waals surface area contributed by atoms with Crippen LogP contribution in [0.2, 0.25) is 0 Å². The summed E-state index contributed by atoms with van der Waals surface area (Å²) in [4.78, 5) is 2.32. The Morgan fingerprint density at radius 2 is 2.13 bits per heavy atom. The second-order valence-corrected chi connectivity index (χ2v) is 5.73. The second-order valence-electron chi connectivity index (χ2n) is 5.73. The minimum Gasteiger partial charge on any atom is -0.366 e. The number of piperidine rings is 1. The molecular weight excluding hydrogens is 293 g/mol. The predicted octanol–water partition coefficient (Wildman–Crippen LogP) is 2.56. The van der Waals surface area contributed by atoms with Crippen molar-refractivity contribution in [2.24, 2.45) is 0 Å². The highest BCUT2D eigenvalue weighted by molar-refractivity contribution is 5.35. The van der Waals surface area contributed by atoms with Crippen LogP contribution >= 0.6 is 0 Å². The molecule has 3 rings (SSSR count). The summed E-state index contributed by atoms with van der Waals surface area (Å²) in [7, 11) is 0. The first-order valence-corrected chi connectivity index (χ1v) is 7.70. The highest BCUT2D eigenvalue weighted by atomic mass is 19.1. The molecule has 1 aromatic heterocycles. The van der Waals surface area contributed by atoms with Gasteiger partial charge in [-0.25, -0.2) is 4.39 Å². The van der Waals surface area contributed by atoms with Crippen LogP contribution in [-0.4, -0.2) is 34.2 Å². The zero-order valence-corrected chi connectivity index (χ0v) is 12.7. The van der Waals surface area contributed by atoms with Gasteiger partial charge in [-0.3, -0.25) is 4.90 Å². The molecule has 0 saturated carbocycles. The quantitative estimate of drug-likeness (QED) is 0.940. The van der Waals surface area contributed by atoms with Crippen LogP contribution in [0.5, 0.6) is 0 Å². The Labute approximate surface area is 134 Å². The molecule has 2 heterocycles. The summed E-state index contributed by atoms with van der Waals surface area (Å²) >= 11 is 0. The Kier molecular flexibility index (Phi) is 4.79. The lowest BCUT2D eigenvalue weighted by Gasteiger charge is -2.32. The van der Waals surface area contributed by atoms with E-state index in [1.54, 1.807) is 18.3 Å². The number of hydrogen-bond acceptors (Lipinski definition) is 5. The topological polar surface area (TPSA) is 64.8 Å². The van der Waals surface area contributed by atoms with Crippen LogP contribution in [0.3, 0.4) is 0 Å². The van der Waals surface area contributed by atoms with Crippen molar-refractivity contribution in [1.29, 1.82) is 5.26 Å². The number of rotatable bonds is 4. The van der Waals surface area contributed by atoms with Crippen molar-refractivity contribution in [3.05, 3.63) is 53.5 Å². The van der Waals surface area contributed by atoms with Crippen LogP contribution in [0.15, 0.2) is 36.5 Å². The molecule has 5 nitrogen and oxygen atoms in total. The Balaban J connectivity index is 1.52. The molecule has 0 unspecified atom stereocenters. The van der Waals surface area contributed by atoms with E-state index in [4.69, 9.17) is 5.26 Å². The standard InChI is InChI=1S/C17H18FN5/c18-16-4-3-13(10-14(16)11-19)12-23-8-5-15(6-9-23)21-17-2-1-7-20-22-17/h1-4,7,10,15H,5-6,8-9,12H2,(H,21,22). The first-order chi connectivity index (χ1) is 11.2. The van der Waals surface area contributed by atoms with Crippen LogP contribution in [-0.2, 0) is 6.54 Å². The lowest BCUT2D eigenvalue weighted by molar-refractivity contribution is 0.211. The third-order valence-corrected chi connectivity index (χ3v) is 4.07. The smallest absolute Gasteiger partial charge is 0.148 e. The van der Waals surface area contributed by atoms with Gasteiger partial charge in [0.05, 0.1) is 5.56 Å². The summed E-state index contributed by atoms with van der Waals surface area (Å²) in [5, 5.41) is 20.2. The Bertz CT molecular complexity index is 690. The Morgan fingerprint density at radius 1 is 1.30 bits per heavy atom. The number of aromatic nitrogens is 2. The van der Waals surface area contributed by atoms with Gasteiger partial charge in [-0.1, -0.05) is 6.07 Å². The molecule has 1 aliphatic rings. The van der Waals surface area contributed by atoms with Gasteiger partial charge < -0.3 is 5.32 Å². The average Bonchev–Trinajstić information content (AvgIpc) is 2.59. The lowest BCUT2D eigenvalue weighted by atomic mass is 10.0. The van der Waals surface area contributed by atoms with Gasteiger partial charge in [-0.05, 0) is 42.7 Å². The normalized spacial score (nSPS) is 16.0. The molecule has 2 aromatic rings. The first-order valence-electron chi connectivity index (χ1n) is 7.70. The van der Waals surface area contributed by atoms with Gasteiger partial charge in [0.2, 0.25) is 0 Å². The van der Waals surface area contributed by atoms with Crippen molar-refractivity contribution in [2.45, 2.75) is 25.4 Å². The molecule has 0 aliphatic carbocycles. The van der Waals surface area contributed by atoms with E-state index in [9.17, 15) is 4.39 Å². The van der Waals surface area contributed by atoms with Crippen LogP contribution in [0.1, 0.15) is 24.0 Å². The number of nitrogens with zero attached hydrogens (tertiary/aromatic N) is 4. The van der Waals surface area contributed by atoms with Crippen LogP contribution in [0, 0.1) is 17.1 Å². The third kappa shape index (κ3) is 4.02. The van der Waals surface area contributed by atoms with E-state index in [2.05, 4.69) is 20.4 Å². The number of nitriles is 1. The summed E-state index contributed by atoms with van der Waals surface area (Å²) in [5.41, 5.74) is 1.09. The molecule has 6 heteroatoms. The molecule has 0 bridgehead atoms. The minimum atomic E-state index is -0.455. The van der Waals surface area contributed by atoms with E-state index < -0.39 is 5.82 Å². The van der Waals surface area contributed by atoms with Crippen molar-refractivity contribution >= 4 is 5.82 Å². The SMILES string of the molecule is N#Cc1cc(CN2CCC(Nc3cccnn3)CC2)ccc1F. The molecule has 0 amide bonds. The number of likely N-dealkylation sites (tertiary alicyclic amines) is 1. The molecule has 1 aliphatic heterocycles. The Hall–Kier alpha value is -2.52. The van der Waals surface area contributed by atoms with E-state index in [1.807, 2.05) is 18.2 Å². The largest absolute Gasteiger partial charge is 0.366 e. The lowest BCUT2D eigenvalue weighted by Crippen LogP contribution is -2.38. The van der Waals surface area contributed by atoms with Crippen LogP contribution in [0.25, 0.3) is 0 Å². The average molecular weight is 311 g/mol. The summed E-state index contributed by atoms with van der Waals surface area (Å²) in [6, 6.07) is 10.8. The fourth-order valence-corrected chi connectivity index (χ4v) is 2.84. The van der Waals surface area contributed by atoms with Crippen LogP contribution in [0.4, 0.5) is 10.2 Å². The summed E-state index contributed by atoms with van der Waals surface area (Å²) < 4.78 is 13.4. The highest BCUT2D eigenvalue weighted by Crippen LogP contribution is 2.18. The van der Waals surface area contributed by atoms with Gasteiger partial charge in [-0.15, -0.1) is 5.10 Å². The monoisotopic (exact) mass is 311 g/mol. The third-order valence-electron chi connectivity index (χ3n) is 4.07. The molecule has 1 aromatic carbocycles. The molecule has 23 heavy (non-hydrogen) atoms. The van der Waals surface area contributed by atoms with Gasteiger partial charge in [0.15, 0.2) is 0 Å². The molecule has 0 radical (unpaired) electrons. The zero-order chi connectivity index (χ0) is 16.1. The number of halogens is 1. The van der Waals surface area contributed by atoms with Crippen molar-refractivity contribution in [3.63, 3.8) is 0 Å². The maximum absolute atomic E-state index is 13.4. The Morgan fingerprint density at radius 3 is 2.83 bits per heavy atom.